The monoisotopic (exact) mass is 698 g/mol. The molecule has 0 fully saturated rings. The van der Waals surface area contributed by atoms with E-state index in [0.29, 0.717) is 0 Å². The molecule has 8 aromatic rings. The van der Waals surface area contributed by atoms with Gasteiger partial charge >= 0.3 is 21.1 Å². The molecule has 4 aromatic heterocycles. The Bertz CT molecular complexity index is 2200. The molecule has 4 heterocycles. The molecule has 194 valence electrons. The Morgan fingerprint density at radius 2 is 1.10 bits per heavy atom. The van der Waals surface area contributed by atoms with Gasteiger partial charge in [0.15, 0.2) is 0 Å². The van der Waals surface area contributed by atoms with Gasteiger partial charge in [0.2, 0.25) is 0 Å². The van der Waals surface area contributed by atoms with Gasteiger partial charge in [0, 0.05) is 39.1 Å². The summed E-state index contributed by atoms with van der Waals surface area (Å²) in [6.07, 6.45) is 1.85. The maximum atomic E-state index is 4.75. The van der Waals surface area contributed by atoms with Crippen LogP contribution in [0.3, 0.4) is 0 Å². The van der Waals surface area contributed by atoms with Gasteiger partial charge in [-0.2, -0.15) is 5.10 Å². The number of fused-ring (bicyclic) bond motifs is 6. The van der Waals surface area contributed by atoms with E-state index in [1.54, 1.807) is 0 Å². The van der Waals surface area contributed by atoms with Crippen molar-refractivity contribution in [3.63, 3.8) is 0 Å². The third kappa shape index (κ3) is 3.58. The molecule has 0 aliphatic heterocycles. The molecule has 0 N–H and O–H groups in total. The van der Waals surface area contributed by atoms with Crippen LogP contribution in [0.4, 0.5) is 0 Å². The van der Waals surface area contributed by atoms with E-state index in [-0.39, 0.29) is 21.1 Å². The Morgan fingerprint density at radius 3 is 1.75 bits per heavy atom. The van der Waals surface area contributed by atoms with Gasteiger partial charge in [-0.3, -0.25) is 4.57 Å². The molecule has 6 heteroatoms. The molecule has 0 aliphatic carbocycles. The topological polar surface area (TPSA) is 40.6 Å². The first-order chi connectivity index (χ1) is 19.2. The van der Waals surface area contributed by atoms with Crippen molar-refractivity contribution in [2.45, 2.75) is 13.8 Å². The number of hydrogen-bond donors (Lipinski definition) is 0. The largest absolute Gasteiger partial charge is 2.00 e. The molecule has 40 heavy (non-hydrogen) atoms. The first-order valence-corrected chi connectivity index (χ1v) is 13.2. The van der Waals surface area contributed by atoms with Crippen molar-refractivity contribution >= 4 is 43.6 Å². The predicted molar refractivity (Wildman–Crippen MR) is 160 cm³/mol. The smallest absolute Gasteiger partial charge is 0.309 e. The summed E-state index contributed by atoms with van der Waals surface area (Å²) in [5.41, 5.74) is 8.92. The second kappa shape index (κ2) is 9.32. The van der Waals surface area contributed by atoms with Crippen molar-refractivity contribution in [3.8, 4) is 17.2 Å². The van der Waals surface area contributed by atoms with E-state index >= 15 is 0 Å². The fourth-order valence-corrected chi connectivity index (χ4v) is 6.09. The van der Waals surface area contributed by atoms with Gasteiger partial charge in [-0.1, -0.05) is 54.6 Å². The standard InChI is InChI=1S/C34H25N5.Pt/c1-22-19-23(2)39(36-22)25-15-17-28-26-9-3-5-11-30(26)37(32(28)21-25)24-14-16-29-27-10-4-6-12-31(27)38(33(29)20-24)34-13-7-8-18-35-34;/h3-21H,1-2H3;/q;+2. The second-order valence-electron chi connectivity index (χ2n) is 10.1. The summed E-state index contributed by atoms with van der Waals surface area (Å²) in [6, 6.07) is 38.8. The first kappa shape index (κ1) is 24.6. The van der Waals surface area contributed by atoms with Crippen LogP contribution in [0.15, 0.2) is 115 Å². The average Bonchev–Trinajstić information content (AvgIpc) is 3.61. The average molecular weight is 699 g/mol. The molecule has 0 radical (unpaired) electrons. The van der Waals surface area contributed by atoms with E-state index in [4.69, 9.17) is 10.1 Å². The quantitative estimate of drug-likeness (QED) is 0.187. The van der Waals surface area contributed by atoms with Crippen molar-refractivity contribution in [1.29, 1.82) is 0 Å². The van der Waals surface area contributed by atoms with Crippen molar-refractivity contribution in [2.75, 3.05) is 0 Å². The van der Waals surface area contributed by atoms with Gasteiger partial charge in [-0.25, -0.2) is 9.67 Å². The predicted octanol–water partition coefficient (Wildman–Crippen LogP) is 8.08. The van der Waals surface area contributed by atoms with Crippen molar-refractivity contribution in [1.82, 2.24) is 23.9 Å². The molecule has 0 saturated heterocycles. The Balaban J connectivity index is 0.00000264. The molecule has 0 amide bonds. The Labute approximate surface area is 245 Å². The van der Waals surface area contributed by atoms with Gasteiger partial charge in [-0.15, -0.1) is 0 Å². The minimum atomic E-state index is 0. The molecular weight excluding hydrogens is 673 g/mol. The Kier molecular flexibility index (Phi) is 5.72. The molecule has 0 bridgehead atoms. The minimum absolute atomic E-state index is 0. The van der Waals surface area contributed by atoms with Crippen molar-refractivity contribution in [3.05, 3.63) is 127 Å². The summed E-state index contributed by atoms with van der Waals surface area (Å²) in [6.45, 7) is 4.14. The van der Waals surface area contributed by atoms with Crippen molar-refractivity contribution < 1.29 is 21.1 Å². The van der Waals surface area contributed by atoms with Gasteiger partial charge in [0.1, 0.15) is 5.82 Å². The number of aryl methyl sites for hydroxylation is 2. The summed E-state index contributed by atoms with van der Waals surface area (Å²) in [5, 5.41) is 9.64. The maximum Gasteiger partial charge on any atom is 2.00 e. The van der Waals surface area contributed by atoms with Crippen LogP contribution >= 0.6 is 0 Å². The van der Waals surface area contributed by atoms with E-state index < -0.39 is 0 Å². The fourth-order valence-electron chi connectivity index (χ4n) is 6.09. The molecule has 0 unspecified atom stereocenters. The van der Waals surface area contributed by atoms with Crippen LogP contribution in [0, 0.1) is 13.8 Å². The first-order valence-electron chi connectivity index (χ1n) is 13.2. The Hall–Kier alpha value is -4.47. The SMILES string of the molecule is Cc1cc(C)n(-c2ccc3c4ccccc4n(-c4ccc5c6ccccc6n(-c6ccccn6)c5c4)c3c2)n1.[Pt+2]. The van der Waals surface area contributed by atoms with Crippen LogP contribution < -0.4 is 0 Å². The zero-order chi connectivity index (χ0) is 26.1. The summed E-state index contributed by atoms with van der Waals surface area (Å²) in [4.78, 5) is 4.72. The number of aromatic nitrogens is 5. The molecular formula is C34H25N5Pt+2. The molecule has 0 spiro atoms. The van der Waals surface area contributed by atoms with E-state index in [2.05, 4.69) is 113 Å². The zero-order valence-corrected chi connectivity index (χ0v) is 24.3. The van der Waals surface area contributed by atoms with Crippen LogP contribution in [-0.2, 0) is 21.1 Å². The van der Waals surface area contributed by atoms with Crippen LogP contribution in [0.25, 0.3) is 60.8 Å². The van der Waals surface area contributed by atoms with Gasteiger partial charge in [-0.05, 0) is 68.4 Å². The summed E-state index contributed by atoms with van der Waals surface area (Å²) < 4.78 is 6.67. The van der Waals surface area contributed by atoms with Crippen molar-refractivity contribution in [2.24, 2.45) is 0 Å². The van der Waals surface area contributed by atoms with Gasteiger partial charge < -0.3 is 4.57 Å². The molecule has 0 saturated carbocycles. The van der Waals surface area contributed by atoms with E-state index in [9.17, 15) is 0 Å². The van der Waals surface area contributed by atoms with E-state index in [1.807, 2.05) is 29.9 Å². The number of hydrogen-bond acceptors (Lipinski definition) is 2. The molecule has 5 nitrogen and oxygen atoms in total. The number of pyridine rings is 1. The molecule has 4 aromatic carbocycles. The number of rotatable bonds is 3. The summed E-state index contributed by atoms with van der Waals surface area (Å²) in [5.74, 6) is 0.912. The molecule has 0 atom stereocenters. The summed E-state index contributed by atoms with van der Waals surface area (Å²) in [7, 11) is 0. The zero-order valence-electron chi connectivity index (χ0n) is 22.0. The normalized spacial score (nSPS) is 11.6. The third-order valence-corrected chi connectivity index (χ3v) is 7.71. The van der Waals surface area contributed by atoms with E-state index in [1.165, 1.54) is 27.1 Å². The third-order valence-electron chi connectivity index (χ3n) is 7.71. The van der Waals surface area contributed by atoms with E-state index in [0.717, 1.165) is 45.1 Å². The number of benzene rings is 4. The van der Waals surface area contributed by atoms with Crippen LogP contribution in [-0.4, -0.2) is 23.9 Å². The van der Waals surface area contributed by atoms with Crippen LogP contribution in [0.1, 0.15) is 11.4 Å². The van der Waals surface area contributed by atoms with Crippen LogP contribution in [0.2, 0.25) is 0 Å². The van der Waals surface area contributed by atoms with Crippen LogP contribution in [0.5, 0.6) is 0 Å². The summed E-state index contributed by atoms with van der Waals surface area (Å²) >= 11 is 0. The maximum absolute atomic E-state index is 4.75. The number of para-hydroxylation sites is 2. The van der Waals surface area contributed by atoms with Gasteiger partial charge in [0.25, 0.3) is 0 Å². The number of nitrogens with zero attached hydrogens (tertiary/aromatic N) is 5. The molecule has 0 aliphatic rings. The Morgan fingerprint density at radius 1 is 0.525 bits per heavy atom. The fraction of sp³-hybridized carbons (Fsp3) is 0.0588. The molecule has 8 rings (SSSR count). The van der Waals surface area contributed by atoms with Gasteiger partial charge in [0.05, 0.1) is 33.4 Å². The minimum Gasteiger partial charge on any atom is -0.309 e. The second-order valence-corrected chi connectivity index (χ2v) is 10.1.